The number of rotatable bonds is 5. The van der Waals surface area contributed by atoms with Crippen LogP contribution in [0.5, 0.6) is 11.5 Å². The number of allylic oxidation sites excluding steroid dienone is 6. The van der Waals surface area contributed by atoms with E-state index >= 15 is 0 Å². The zero-order valence-corrected chi connectivity index (χ0v) is 25.9. The first kappa shape index (κ1) is 32.4. The highest BCUT2D eigenvalue weighted by Gasteiger charge is 2.46. The number of ketones is 1. The lowest BCUT2D eigenvalue weighted by atomic mass is 9.66. The van der Waals surface area contributed by atoms with Crippen LogP contribution in [0.15, 0.2) is 59.1 Å². The molecule has 4 amide bonds. The Labute approximate surface area is 250 Å². The summed E-state index contributed by atoms with van der Waals surface area (Å²) in [5.74, 6) is -1.04. The molecule has 13 heteroatoms. The lowest BCUT2D eigenvalue weighted by Crippen LogP contribution is -2.34. The third-order valence-corrected chi connectivity index (χ3v) is 6.45. The maximum atomic E-state index is 13.2. The molecule has 0 N–H and O–H groups in total. The van der Waals surface area contributed by atoms with E-state index in [1.54, 1.807) is 32.1 Å². The van der Waals surface area contributed by atoms with Crippen molar-refractivity contribution in [3.63, 3.8) is 0 Å². The predicted molar refractivity (Wildman–Crippen MR) is 156 cm³/mol. The van der Waals surface area contributed by atoms with Gasteiger partial charge in [-0.3, -0.25) is 4.79 Å². The van der Waals surface area contributed by atoms with Gasteiger partial charge in [0.2, 0.25) is 0 Å². The number of hydrogen-bond donors (Lipinski definition) is 0. The van der Waals surface area contributed by atoms with Crippen molar-refractivity contribution in [3.8, 4) is 11.5 Å². The second-order valence-electron chi connectivity index (χ2n) is 11.0. The molecule has 0 radical (unpaired) electrons. The number of ether oxygens (including phenoxy) is 4. The molecule has 0 spiro atoms. The molecule has 0 atom stereocenters. The van der Waals surface area contributed by atoms with E-state index in [2.05, 4.69) is 0 Å². The van der Waals surface area contributed by atoms with Gasteiger partial charge >= 0.3 is 24.4 Å². The van der Waals surface area contributed by atoms with Gasteiger partial charge in [-0.25, -0.2) is 19.2 Å². The summed E-state index contributed by atoms with van der Waals surface area (Å²) in [4.78, 5) is 68.8. The summed E-state index contributed by atoms with van der Waals surface area (Å²) in [7, 11) is 11.9. The van der Waals surface area contributed by atoms with Gasteiger partial charge in [-0.05, 0) is 29.3 Å². The number of hydrogen-bond acceptors (Lipinski definition) is 9. The highest BCUT2D eigenvalue weighted by atomic mass is 16.6. The zero-order chi connectivity index (χ0) is 32.4. The number of fused-ring (bicyclic) bond motifs is 1. The minimum absolute atomic E-state index is 0.0517. The molecular weight excluding hydrogens is 560 g/mol. The van der Waals surface area contributed by atoms with E-state index in [-0.39, 0.29) is 28.6 Å². The van der Waals surface area contributed by atoms with Crippen LogP contribution in [0, 0.1) is 5.41 Å². The third kappa shape index (κ3) is 6.71. The van der Waals surface area contributed by atoms with Gasteiger partial charge < -0.3 is 38.5 Å². The van der Waals surface area contributed by atoms with Gasteiger partial charge in [0, 0.05) is 67.4 Å². The smallest absolute Gasteiger partial charge is 0.406 e. The fourth-order valence-electron chi connectivity index (χ4n) is 4.17. The second-order valence-corrected chi connectivity index (χ2v) is 11.0. The number of amides is 4. The van der Waals surface area contributed by atoms with Crippen LogP contribution in [0.1, 0.15) is 19.4 Å². The van der Waals surface area contributed by atoms with Crippen molar-refractivity contribution < 1.29 is 42.9 Å². The van der Waals surface area contributed by atoms with Gasteiger partial charge in [0.15, 0.2) is 28.8 Å². The topological polar surface area (TPSA) is 135 Å². The van der Waals surface area contributed by atoms with E-state index in [4.69, 9.17) is 18.9 Å². The van der Waals surface area contributed by atoms with Crippen LogP contribution in [0.25, 0.3) is 5.57 Å². The van der Waals surface area contributed by atoms with E-state index in [9.17, 15) is 24.0 Å². The first-order valence-corrected chi connectivity index (χ1v) is 13.1. The second kappa shape index (κ2) is 12.4. The molecule has 0 fully saturated rings. The number of carbonyl (C=O) groups excluding carboxylic acids is 5. The molecule has 0 heterocycles. The fraction of sp³-hybridized carbons (Fsp3) is 0.367. The lowest BCUT2D eigenvalue weighted by molar-refractivity contribution is -0.111. The maximum Gasteiger partial charge on any atom is 0.414 e. The largest absolute Gasteiger partial charge is 0.414 e. The molecule has 13 nitrogen and oxygen atoms in total. The lowest BCUT2D eigenvalue weighted by Gasteiger charge is -2.39. The van der Waals surface area contributed by atoms with Crippen molar-refractivity contribution in [1.29, 1.82) is 0 Å². The maximum absolute atomic E-state index is 13.2. The van der Waals surface area contributed by atoms with Crippen LogP contribution < -0.4 is 9.47 Å². The first-order chi connectivity index (χ1) is 20.0. The Hall–Kier alpha value is -5.07. The quantitative estimate of drug-likeness (QED) is 0.488. The summed E-state index contributed by atoms with van der Waals surface area (Å²) >= 11 is 0. The molecule has 230 valence electrons. The average Bonchev–Trinajstić information content (AvgIpc) is 2.91. The highest BCUT2D eigenvalue weighted by Crippen LogP contribution is 2.54. The number of carbonyl (C=O) groups is 5. The summed E-state index contributed by atoms with van der Waals surface area (Å²) < 4.78 is 22.5. The van der Waals surface area contributed by atoms with E-state index < -0.39 is 35.6 Å². The normalized spacial score (nSPS) is 15.2. The molecule has 0 unspecified atom stereocenters. The monoisotopic (exact) mass is 596 g/mol. The third-order valence-electron chi connectivity index (χ3n) is 6.45. The van der Waals surface area contributed by atoms with Crippen molar-refractivity contribution in [1.82, 2.24) is 19.6 Å². The van der Waals surface area contributed by atoms with E-state index in [1.165, 1.54) is 89.3 Å². The Balaban J connectivity index is 2.41. The first-order valence-electron chi connectivity index (χ1n) is 13.1. The van der Waals surface area contributed by atoms with Crippen molar-refractivity contribution in [2.24, 2.45) is 5.41 Å². The van der Waals surface area contributed by atoms with E-state index in [0.29, 0.717) is 16.7 Å². The van der Waals surface area contributed by atoms with Gasteiger partial charge in [0.1, 0.15) is 0 Å². The van der Waals surface area contributed by atoms with Gasteiger partial charge in [0.05, 0.1) is 5.57 Å². The van der Waals surface area contributed by atoms with E-state index in [0.717, 1.165) is 4.90 Å². The zero-order valence-electron chi connectivity index (χ0n) is 25.9. The van der Waals surface area contributed by atoms with Crippen LogP contribution >= 0.6 is 0 Å². The van der Waals surface area contributed by atoms with Crippen LogP contribution in [0.4, 0.5) is 19.2 Å². The molecule has 0 saturated heterocycles. The van der Waals surface area contributed by atoms with Gasteiger partial charge in [-0.1, -0.05) is 32.1 Å². The van der Waals surface area contributed by atoms with Crippen LogP contribution in [0.2, 0.25) is 0 Å². The standard InChI is InChI=1S/C30H36N4O9/c1-30(2)18-12-11-13-19(35)22(18)24(42-28(38)33(7)8)25(43-29(39)34(9)10)23(30)17-14-15-20(40-26(36)31(3)4)21(16-17)41-27(37)32(5)6/h11-16H,1-10H3. The van der Waals surface area contributed by atoms with Crippen LogP contribution in [0.3, 0.4) is 0 Å². The molecule has 43 heavy (non-hydrogen) atoms. The molecule has 3 rings (SSSR count). The summed E-state index contributed by atoms with van der Waals surface area (Å²) in [6.07, 6.45) is 1.54. The molecule has 0 bridgehead atoms. The molecule has 2 aliphatic carbocycles. The summed E-state index contributed by atoms with van der Waals surface area (Å²) in [6, 6.07) is 4.44. The fourth-order valence-corrected chi connectivity index (χ4v) is 4.17. The number of benzene rings is 1. The van der Waals surface area contributed by atoms with E-state index in [1.807, 2.05) is 0 Å². The molecule has 1 aromatic rings. The summed E-state index contributed by atoms with van der Waals surface area (Å²) in [6.45, 7) is 3.61. The number of nitrogens with zero attached hydrogens (tertiary/aromatic N) is 4. The Morgan fingerprint density at radius 1 is 0.651 bits per heavy atom. The molecule has 2 aliphatic rings. The Morgan fingerprint density at radius 2 is 1.12 bits per heavy atom. The molecular formula is C30H36N4O9. The predicted octanol–water partition coefficient (Wildman–Crippen LogP) is 4.27. The summed E-state index contributed by atoms with van der Waals surface area (Å²) in [5, 5.41) is 0. The SMILES string of the molecule is CN(C)C(=O)OC1=C2C(=O)C=CC=C2C(C)(C)C(c2ccc(OC(=O)N(C)C)c(OC(=O)N(C)C)c2)=C1OC(=O)N(C)C. The highest BCUT2D eigenvalue weighted by molar-refractivity contribution is 6.12. The molecule has 0 aromatic heterocycles. The van der Waals surface area contributed by atoms with Crippen LogP contribution in [-0.4, -0.2) is 106 Å². The Morgan fingerprint density at radius 3 is 1.63 bits per heavy atom. The van der Waals surface area contributed by atoms with Crippen molar-refractivity contribution in [3.05, 3.63) is 64.7 Å². The minimum Gasteiger partial charge on any atom is -0.406 e. The molecule has 0 saturated carbocycles. The molecule has 0 aliphatic heterocycles. The average molecular weight is 597 g/mol. The summed E-state index contributed by atoms with van der Waals surface area (Å²) in [5.41, 5.74) is 0.212. The van der Waals surface area contributed by atoms with Gasteiger partial charge in [-0.15, -0.1) is 0 Å². The van der Waals surface area contributed by atoms with Crippen LogP contribution in [-0.2, 0) is 14.3 Å². The minimum atomic E-state index is -1.03. The Bertz CT molecular complexity index is 1490. The molecule has 1 aromatic carbocycles. The van der Waals surface area contributed by atoms with Crippen molar-refractivity contribution in [2.75, 3.05) is 56.4 Å². The van der Waals surface area contributed by atoms with Crippen molar-refractivity contribution in [2.45, 2.75) is 13.8 Å². The van der Waals surface area contributed by atoms with Gasteiger partial charge in [0.25, 0.3) is 0 Å². The van der Waals surface area contributed by atoms with Crippen molar-refractivity contribution >= 4 is 35.7 Å². The van der Waals surface area contributed by atoms with Gasteiger partial charge in [-0.2, -0.15) is 0 Å². The Kier molecular flexibility index (Phi) is 9.38.